The zero-order valence-electron chi connectivity index (χ0n) is 12.8. The van der Waals surface area contributed by atoms with Gasteiger partial charge in [-0.1, -0.05) is 18.2 Å². The lowest BCUT2D eigenvalue weighted by Crippen LogP contribution is -2.24. The summed E-state index contributed by atoms with van der Waals surface area (Å²) in [6.07, 6.45) is 3.46. The Morgan fingerprint density at radius 1 is 1.36 bits per heavy atom. The highest BCUT2D eigenvalue weighted by atomic mass is 16.5. The zero-order valence-corrected chi connectivity index (χ0v) is 12.8. The Hall–Kier alpha value is -2.81. The molecule has 0 radical (unpaired) electrons. The van der Waals surface area contributed by atoms with Gasteiger partial charge in [0.05, 0.1) is 5.69 Å². The Morgan fingerprint density at radius 3 is 2.77 bits per heavy atom. The molecule has 0 aliphatic rings. The normalized spacial score (nSPS) is 11.0. The van der Waals surface area contributed by atoms with Crippen molar-refractivity contribution in [2.24, 2.45) is 4.99 Å². The number of hydrogen-bond acceptors (Lipinski definition) is 4. The number of nitrogens with zero attached hydrogens (tertiary/aromatic N) is 3. The smallest absolute Gasteiger partial charge is 0.303 e. The van der Waals surface area contributed by atoms with E-state index in [9.17, 15) is 0 Å². The van der Waals surface area contributed by atoms with Gasteiger partial charge in [0, 0.05) is 18.7 Å². The third-order valence-corrected chi connectivity index (χ3v) is 3.12. The maximum absolute atomic E-state index is 8.75. The first-order chi connectivity index (χ1) is 10.7. The van der Waals surface area contributed by atoms with Crippen LogP contribution in [-0.2, 0) is 6.42 Å². The van der Waals surface area contributed by atoms with Gasteiger partial charge in [0.15, 0.2) is 6.19 Å². The molecule has 2 rings (SSSR count). The molecule has 0 saturated carbocycles. The highest BCUT2D eigenvalue weighted by Crippen LogP contribution is 2.08. The summed E-state index contributed by atoms with van der Waals surface area (Å²) >= 11 is 0. The van der Waals surface area contributed by atoms with E-state index in [0.29, 0.717) is 12.3 Å². The van der Waals surface area contributed by atoms with E-state index < -0.39 is 0 Å². The molecule has 22 heavy (non-hydrogen) atoms. The molecule has 2 N–H and O–H groups in total. The van der Waals surface area contributed by atoms with Crippen molar-refractivity contribution in [2.75, 3.05) is 6.54 Å². The predicted octanol–water partition coefficient (Wildman–Crippen LogP) is 2.46. The van der Waals surface area contributed by atoms with E-state index in [2.05, 4.69) is 20.3 Å². The minimum Gasteiger partial charge on any atom is -0.425 e. The average molecular weight is 297 g/mol. The molecule has 0 unspecified atom stereocenters. The van der Waals surface area contributed by atoms with Crippen LogP contribution in [0.2, 0.25) is 0 Å². The fourth-order valence-electron chi connectivity index (χ4n) is 1.91. The third-order valence-electron chi connectivity index (χ3n) is 3.12. The molecule has 0 atom stereocenters. The second-order valence-electron chi connectivity index (χ2n) is 4.84. The highest BCUT2D eigenvalue weighted by molar-refractivity contribution is 5.77. The molecule has 0 bridgehead atoms. The van der Waals surface area contributed by atoms with Crippen LogP contribution >= 0.6 is 0 Å². The Morgan fingerprint density at radius 2 is 2.14 bits per heavy atom. The minimum absolute atomic E-state index is 0.209. The number of ether oxygens (including phenoxy) is 1. The van der Waals surface area contributed by atoms with Gasteiger partial charge in [-0.3, -0.25) is 0 Å². The number of aromatic nitrogens is 2. The molecule has 1 aromatic carbocycles. The van der Waals surface area contributed by atoms with Crippen LogP contribution < -0.4 is 10.1 Å². The van der Waals surface area contributed by atoms with Gasteiger partial charge in [-0.05, 0) is 32.4 Å². The van der Waals surface area contributed by atoms with Crippen molar-refractivity contribution in [1.82, 2.24) is 15.3 Å². The second kappa shape index (κ2) is 7.84. The first kappa shape index (κ1) is 15.6. The molecule has 6 heteroatoms. The van der Waals surface area contributed by atoms with Crippen molar-refractivity contribution in [1.29, 1.82) is 5.26 Å². The topological polar surface area (TPSA) is 86.1 Å². The lowest BCUT2D eigenvalue weighted by Gasteiger charge is -2.06. The number of aliphatic imine (C=N–C) groups is 1. The molecule has 6 nitrogen and oxygen atoms in total. The fraction of sp³-hybridized carbons (Fsp3) is 0.312. The van der Waals surface area contributed by atoms with Crippen LogP contribution in [0.3, 0.4) is 0 Å². The Kier molecular flexibility index (Phi) is 5.55. The average Bonchev–Trinajstić information content (AvgIpc) is 2.83. The number of amidine groups is 1. The summed E-state index contributed by atoms with van der Waals surface area (Å²) in [4.78, 5) is 11.9. The second-order valence-corrected chi connectivity index (χ2v) is 4.84. The van der Waals surface area contributed by atoms with E-state index >= 15 is 0 Å². The van der Waals surface area contributed by atoms with Crippen LogP contribution in [0.25, 0.3) is 0 Å². The van der Waals surface area contributed by atoms with Gasteiger partial charge < -0.3 is 9.72 Å². The van der Waals surface area contributed by atoms with Gasteiger partial charge in [-0.2, -0.15) is 5.26 Å². The van der Waals surface area contributed by atoms with Crippen LogP contribution in [0.15, 0.2) is 35.3 Å². The van der Waals surface area contributed by atoms with E-state index in [-0.39, 0.29) is 6.02 Å². The Bertz CT molecular complexity index is 650. The van der Waals surface area contributed by atoms with Gasteiger partial charge in [0.1, 0.15) is 11.6 Å². The SMILES string of the molecule is Cc1nc(CCCN=C(NC#N)Oc2ccccc2)[nH]c1C. The lowest BCUT2D eigenvalue weighted by atomic mass is 10.3. The van der Waals surface area contributed by atoms with Crippen molar-refractivity contribution in [3.05, 3.63) is 47.5 Å². The first-order valence-electron chi connectivity index (χ1n) is 7.13. The number of para-hydroxylation sites is 1. The molecule has 0 amide bonds. The number of aryl methyl sites for hydroxylation is 3. The van der Waals surface area contributed by atoms with E-state index in [1.807, 2.05) is 50.4 Å². The standard InChI is InChI=1S/C16H19N5O/c1-12-13(2)21-15(20-12)9-6-10-18-16(19-11-17)22-14-7-4-3-5-8-14/h3-5,7-8H,6,9-10H2,1-2H3,(H,18,19)(H,20,21). The van der Waals surface area contributed by atoms with Gasteiger partial charge in [0.25, 0.3) is 0 Å². The molecule has 1 heterocycles. The fourth-order valence-corrected chi connectivity index (χ4v) is 1.91. The number of imidazole rings is 1. The van der Waals surface area contributed by atoms with Crippen molar-refractivity contribution in [3.8, 4) is 11.9 Å². The molecule has 2 aromatic rings. The molecule has 0 spiro atoms. The molecule has 0 fully saturated rings. The number of H-pyrrole nitrogens is 1. The lowest BCUT2D eigenvalue weighted by molar-refractivity contribution is 0.525. The van der Waals surface area contributed by atoms with Crippen molar-refractivity contribution in [3.63, 3.8) is 0 Å². The maximum atomic E-state index is 8.75. The molecular weight excluding hydrogens is 278 g/mol. The van der Waals surface area contributed by atoms with E-state index in [0.717, 1.165) is 30.1 Å². The van der Waals surface area contributed by atoms with Gasteiger partial charge in [0.2, 0.25) is 0 Å². The van der Waals surface area contributed by atoms with Crippen LogP contribution in [-0.4, -0.2) is 22.5 Å². The number of hydrogen-bond donors (Lipinski definition) is 2. The first-order valence-corrected chi connectivity index (χ1v) is 7.13. The summed E-state index contributed by atoms with van der Waals surface area (Å²) in [5, 5.41) is 11.2. The summed E-state index contributed by atoms with van der Waals surface area (Å²) < 4.78 is 5.52. The number of nitrogens with one attached hydrogen (secondary N) is 2. The van der Waals surface area contributed by atoms with Crippen LogP contribution in [0, 0.1) is 25.3 Å². The summed E-state index contributed by atoms with van der Waals surface area (Å²) in [5.41, 5.74) is 2.12. The largest absolute Gasteiger partial charge is 0.425 e. The van der Waals surface area contributed by atoms with Crippen LogP contribution in [0.1, 0.15) is 23.6 Å². The van der Waals surface area contributed by atoms with Crippen LogP contribution in [0.5, 0.6) is 5.75 Å². The maximum Gasteiger partial charge on any atom is 0.303 e. The molecule has 114 valence electrons. The van der Waals surface area contributed by atoms with Gasteiger partial charge in [-0.15, -0.1) is 0 Å². The number of nitriles is 1. The van der Waals surface area contributed by atoms with Crippen molar-refractivity contribution >= 4 is 6.02 Å². The van der Waals surface area contributed by atoms with Crippen molar-refractivity contribution in [2.45, 2.75) is 26.7 Å². The highest BCUT2D eigenvalue weighted by Gasteiger charge is 2.03. The van der Waals surface area contributed by atoms with E-state index in [1.165, 1.54) is 0 Å². The molecular formula is C16H19N5O. The van der Waals surface area contributed by atoms with Crippen LogP contribution in [0.4, 0.5) is 0 Å². The summed E-state index contributed by atoms with van der Waals surface area (Å²) in [7, 11) is 0. The Balaban J connectivity index is 1.86. The number of benzene rings is 1. The minimum atomic E-state index is 0.209. The summed E-state index contributed by atoms with van der Waals surface area (Å²) in [5.74, 6) is 1.60. The molecule has 1 aromatic heterocycles. The third kappa shape index (κ3) is 4.63. The Labute approximate surface area is 129 Å². The van der Waals surface area contributed by atoms with Gasteiger partial charge in [-0.25, -0.2) is 15.3 Å². The number of aromatic amines is 1. The molecule has 0 aliphatic carbocycles. The predicted molar refractivity (Wildman–Crippen MR) is 84.5 cm³/mol. The summed E-state index contributed by atoms with van der Waals surface area (Å²) in [6.45, 7) is 4.54. The molecule has 0 saturated heterocycles. The summed E-state index contributed by atoms with van der Waals surface area (Å²) in [6, 6.07) is 9.45. The zero-order chi connectivity index (χ0) is 15.8. The van der Waals surface area contributed by atoms with E-state index in [1.54, 1.807) is 0 Å². The van der Waals surface area contributed by atoms with E-state index in [4.69, 9.17) is 10.00 Å². The monoisotopic (exact) mass is 297 g/mol. The quantitative estimate of drug-likeness (QED) is 0.292. The van der Waals surface area contributed by atoms with Gasteiger partial charge >= 0.3 is 6.02 Å². The number of rotatable bonds is 5. The molecule has 0 aliphatic heterocycles. The van der Waals surface area contributed by atoms with Crippen molar-refractivity contribution < 1.29 is 4.74 Å².